The minimum atomic E-state index is -0.431. The number of para-hydroxylation sites is 1. The minimum absolute atomic E-state index is 0.0600. The van der Waals surface area contributed by atoms with Gasteiger partial charge < -0.3 is 5.11 Å². The van der Waals surface area contributed by atoms with Crippen molar-refractivity contribution >= 4 is 11.6 Å². The van der Waals surface area contributed by atoms with Crippen molar-refractivity contribution in [2.45, 2.75) is 12.8 Å². The third-order valence-electron chi connectivity index (χ3n) is 3.24. The van der Waals surface area contributed by atoms with Crippen LogP contribution in [0, 0.1) is 0 Å². The molecule has 2 N–H and O–H groups in total. The number of rotatable bonds is 2. The Morgan fingerprint density at radius 1 is 1.20 bits per heavy atom. The van der Waals surface area contributed by atoms with E-state index in [0.29, 0.717) is 0 Å². The number of carbonyl (C=O) groups is 1. The van der Waals surface area contributed by atoms with Crippen LogP contribution in [0.25, 0.3) is 0 Å². The van der Waals surface area contributed by atoms with E-state index >= 15 is 0 Å². The summed E-state index contributed by atoms with van der Waals surface area (Å²) in [5, 5.41) is 13.7. The molecule has 1 aliphatic carbocycles. The predicted molar refractivity (Wildman–Crippen MR) is 74.7 cm³/mol. The molecule has 5 nitrogen and oxygen atoms in total. The first kappa shape index (κ1) is 12.3. The van der Waals surface area contributed by atoms with Crippen LogP contribution in [0.2, 0.25) is 0 Å². The standard InChI is InChI=1S/C15H13N3O2/c19-13-6-2-1-5-11(13)15(20)18-17-12-8-7-10-4-3-9-16-14(10)12/h1-6,9,19H,7-8H2,(H,18,20)/b17-12+. The van der Waals surface area contributed by atoms with Gasteiger partial charge in [-0.1, -0.05) is 18.2 Å². The Kier molecular flexibility index (Phi) is 3.16. The van der Waals surface area contributed by atoms with Gasteiger partial charge in [-0.2, -0.15) is 5.10 Å². The molecule has 0 unspecified atom stereocenters. The van der Waals surface area contributed by atoms with E-state index in [1.807, 2.05) is 12.1 Å². The molecule has 1 aromatic carbocycles. The highest BCUT2D eigenvalue weighted by atomic mass is 16.3. The van der Waals surface area contributed by atoms with Gasteiger partial charge in [0.1, 0.15) is 5.75 Å². The number of amides is 1. The molecular formula is C15H13N3O2. The number of hydrogen-bond donors (Lipinski definition) is 2. The van der Waals surface area contributed by atoms with Crippen LogP contribution in [0.15, 0.2) is 47.7 Å². The fourth-order valence-electron chi connectivity index (χ4n) is 2.22. The van der Waals surface area contributed by atoms with Crippen LogP contribution in [0.1, 0.15) is 28.0 Å². The smallest absolute Gasteiger partial charge is 0.275 e. The number of aryl methyl sites for hydroxylation is 1. The number of benzene rings is 1. The summed E-state index contributed by atoms with van der Waals surface area (Å²) in [5.41, 5.74) is 5.42. The molecule has 2 aromatic rings. The summed E-state index contributed by atoms with van der Waals surface area (Å²) in [6.07, 6.45) is 3.35. The number of phenols is 1. The first-order valence-electron chi connectivity index (χ1n) is 6.35. The second-order valence-corrected chi connectivity index (χ2v) is 4.53. The summed E-state index contributed by atoms with van der Waals surface area (Å²) in [6, 6.07) is 10.3. The van der Waals surface area contributed by atoms with Crippen molar-refractivity contribution in [1.29, 1.82) is 0 Å². The zero-order chi connectivity index (χ0) is 13.9. The average Bonchev–Trinajstić information content (AvgIpc) is 2.88. The molecule has 1 amide bonds. The highest BCUT2D eigenvalue weighted by molar-refractivity contribution is 6.04. The Labute approximate surface area is 116 Å². The van der Waals surface area contributed by atoms with Crippen LogP contribution in [-0.4, -0.2) is 21.7 Å². The first-order valence-corrected chi connectivity index (χ1v) is 6.35. The lowest BCUT2D eigenvalue weighted by atomic mass is 10.2. The van der Waals surface area contributed by atoms with Crippen LogP contribution < -0.4 is 5.43 Å². The zero-order valence-electron chi connectivity index (χ0n) is 10.7. The number of pyridine rings is 1. The Morgan fingerprint density at radius 3 is 2.90 bits per heavy atom. The molecule has 1 heterocycles. The monoisotopic (exact) mass is 267 g/mol. The number of nitrogens with one attached hydrogen (secondary N) is 1. The summed E-state index contributed by atoms with van der Waals surface area (Å²) in [7, 11) is 0. The number of hydrogen-bond acceptors (Lipinski definition) is 4. The third-order valence-corrected chi connectivity index (χ3v) is 3.24. The van der Waals surface area contributed by atoms with Crippen LogP contribution in [-0.2, 0) is 6.42 Å². The largest absolute Gasteiger partial charge is 0.507 e. The molecule has 0 atom stereocenters. The van der Waals surface area contributed by atoms with Crippen molar-refractivity contribution in [3.05, 3.63) is 59.4 Å². The lowest BCUT2D eigenvalue weighted by molar-refractivity contribution is 0.0952. The van der Waals surface area contributed by atoms with Gasteiger partial charge in [0.25, 0.3) is 5.91 Å². The molecule has 20 heavy (non-hydrogen) atoms. The van der Waals surface area contributed by atoms with E-state index in [1.165, 1.54) is 6.07 Å². The molecule has 0 radical (unpaired) electrons. The summed E-state index contributed by atoms with van der Waals surface area (Å²) in [6.45, 7) is 0. The van der Waals surface area contributed by atoms with Crippen molar-refractivity contribution in [2.24, 2.45) is 5.10 Å². The van der Waals surface area contributed by atoms with Gasteiger partial charge in [-0.05, 0) is 36.6 Å². The molecule has 100 valence electrons. The van der Waals surface area contributed by atoms with Gasteiger partial charge in [0.2, 0.25) is 0 Å². The van der Waals surface area contributed by atoms with Gasteiger partial charge >= 0.3 is 0 Å². The second kappa shape index (κ2) is 5.13. The summed E-state index contributed by atoms with van der Waals surface area (Å²) in [5.74, 6) is -0.491. The summed E-state index contributed by atoms with van der Waals surface area (Å²) >= 11 is 0. The third kappa shape index (κ3) is 2.25. The zero-order valence-corrected chi connectivity index (χ0v) is 10.7. The Bertz CT molecular complexity index is 695. The van der Waals surface area contributed by atoms with Gasteiger partial charge in [0.05, 0.1) is 17.0 Å². The van der Waals surface area contributed by atoms with E-state index in [9.17, 15) is 9.90 Å². The van der Waals surface area contributed by atoms with Gasteiger partial charge in [-0.3, -0.25) is 9.78 Å². The second-order valence-electron chi connectivity index (χ2n) is 4.53. The van der Waals surface area contributed by atoms with Gasteiger partial charge in [0, 0.05) is 6.20 Å². The molecule has 0 aliphatic heterocycles. The van der Waals surface area contributed by atoms with Crippen LogP contribution in [0.3, 0.4) is 0 Å². The molecule has 1 aliphatic rings. The quantitative estimate of drug-likeness (QED) is 0.816. The maximum atomic E-state index is 11.9. The fraction of sp³-hybridized carbons (Fsp3) is 0.133. The number of aromatic nitrogens is 1. The van der Waals surface area contributed by atoms with E-state index < -0.39 is 5.91 Å². The highest BCUT2D eigenvalue weighted by Crippen LogP contribution is 2.20. The van der Waals surface area contributed by atoms with Crippen molar-refractivity contribution in [1.82, 2.24) is 10.4 Å². The number of hydrazone groups is 1. The van der Waals surface area contributed by atoms with E-state index in [1.54, 1.807) is 24.4 Å². The van der Waals surface area contributed by atoms with E-state index in [0.717, 1.165) is 29.8 Å². The molecule has 5 heteroatoms. The first-order chi connectivity index (χ1) is 9.75. The maximum Gasteiger partial charge on any atom is 0.275 e. The number of nitrogens with zero attached hydrogens (tertiary/aromatic N) is 2. The molecular weight excluding hydrogens is 254 g/mol. The normalized spacial score (nSPS) is 15.1. The number of fused-ring (bicyclic) bond motifs is 1. The van der Waals surface area contributed by atoms with Crippen molar-refractivity contribution < 1.29 is 9.90 Å². The van der Waals surface area contributed by atoms with Crippen molar-refractivity contribution in [3.63, 3.8) is 0 Å². The molecule has 3 rings (SSSR count). The Morgan fingerprint density at radius 2 is 2.05 bits per heavy atom. The number of phenolic OH excluding ortho intramolecular Hbond substituents is 1. The fourth-order valence-corrected chi connectivity index (χ4v) is 2.22. The molecule has 1 aromatic heterocycles. The SMILES string of the molecule is O=C(N/N=C1\CCc2cccnc21)c1ccccc1O. The molecule has 0 fully saturated rings. The summed E-state index contributed by atoms with van der Waals surface area (Å²) in [4.78, 5) is 16.2. The van der Waals surface area contributed by atoms with E-state index in [4.69, 9.17) is 0 Å². The van der Waals surface area contributed by atoms with Crippen LogP contribution in [0.4, 0.5) is 0 Å². The molecule has 0 bridgehead atoms. The lowest BCUT2D eigenvalue weighted by Gasteiger charge is -2.03. The average molecular weight is 267 g/mol. The van der Waals surface area contributed by atoms with Gasteiger partial charge in [0.15, 0.2) is 0 Å². The Balaban J connectivity index is 1.79. The van der Waals surface area contributed by atoms with E-state index in [-0.39, 0.29) is 11.3 Å². The predicted octanol–water partition coefficient (Wildman–Crippen LogP) is 1.87. The van der Waals surface area contributed by atoms with Crippen LogP contribution >= 0.6 is 0 Å². The molecule has 0 spiro atoms. The minimum Gasteiger partial charge on any atom is -0.507 e. The van der Waals surface area contributed by atoms with Crippen molar-refractivity contribution in [3.8, 4) is 5.75 Å². The topological polar surface area (TPSA) is 74.6 Å². The highest BCUT2D eigenvalue weighted by Gasteiger charge is 2.19. The van der Waals surface area contributed by atoms with Crippen LogP contribution in [0.5, 0.6) is 5.75 Å². The summed E-state index contributed by atoms with van der Waals surface area (Å²) < 4.78 is 0. The Hall–Kier alpha value is -2.69. The number of aromatic hydroxyl groups is 1. The van der Waals surface area contributed by atoms with Gasteiger partial charge in [-0.25, -0.2) is 5.43 Å². The number of carbonyl (C=O) groups excluding carboxylic acids is 1. The lowest BCUT2D eigenvalue weighted by Crippen LogP contribution is -2.19. The van der Waals surface area contributed by atoms with Gasteiger partial charge in [-0.15, -0.1) is 0 Å². The van der Waals surface area contributed by atoms with Crippen molar-refractivity contribution in [2.75, 3.05) is 0 Å². The molecule has 0 saturated carbocycles. The molecule has 0 saturated heterocycles. The van der Waals surface area contributed by atoms with E-state index in [2.05, 4.69) is 15.5 Å². The maximum absolute atomic E-state index is 11.9.